The number of hydrogen-bond donors (Lipinski definition) is 0. The monoisotopic (exact) mass is 339 g/mol. The van der Waals surface area contributed by atoms with E-state index in [0.717, 1.165) is 39.0 Å². The maximum Gasteiger partial charge on any atom is 0.224 e. The molecule has 2 saturated heterocycles. The minimum Gasteiger partial charge on any atom is -0.383 e. The first-order valence-corrected chi connectivity index (χ1v) is 9.90. The zero-order valence-electron chi connectivity index (χ0n) is 15.8. The van der Waals surface area contributed by atoms with Gasteiger partial charge in [-0.05, 0) is 58.9 Å². The second-order valence-corrected chi connectivity index (χ2v) is 7.47. The third-order valence-corrected chi connectivity index (χ3v) is 5.58. The lowest BCUT2D eigenvalue weighted by Crippen LogP contribution is -2.48. The molecule has 1 amide bonds. The van der Waals surface area contributed by atoms with Crippen LogP contribution in [0.1, 0.15) is 51.4 Å². The number of piperidine rings is 1. The summed E-state index contributed by atoms with van der Waals surface area (Å²) in [6.07, 6.45) is 9.50. The van der Waals surface area contributed by atoms with E-state index in [2.05, 4.69) is 21.7 Å². The van der Waals surface area contributed by atoms with Crippen LogP contribution in [-0.4, -0.2) is 86.7 Å². The maximum absolute atomic E-state index is 12.9. The predicted molar refractivity (Wildman–Crippen MR) is 98.3 cm³/mol. The Labute approximate surface area is 148 Å². The number of carbonyl (C=O) groups is 1. The van der Waals surface area contributed by atoms with Crippen molar-refractivity contribution in [2.45, 2.75) is 57.4 Å². The topological polar surface area (TPSA) is 36.0 Å². The number of ether oxygens (including phenoxy) is 1. The highest BCUT2D eigenvalue weighted by Gasteiger charge is 2.26. The summed E-state index contributed by atoms with van der Waals surface area (Å²) in [5.74, 6) is 0.323. The van der Waals surface area contributed by atoms with Gasteiger partial charge >= 0.3 is 0 Å². The van der Waals surface area contributed by atoms with E-state index >= 15 is 0 Å². The molecule has 0 unspecified atom stereocenters. The van der Waals surface area contributed by atoms with E-state index in [1.165, 1.54) is 45.2 Å². The molecule has 2 aliphatic rings. The Bertz CT molecular complexity index is 349. The summed E-state index contributed by atoms with van der Waals surface area (Å²) in [6, 6.07) is 0.399. The molecule has 2 heterocycles. The van der Waals surface area contributed by atoms with Crippen LogP contribution in [0.15, 0.2) is 0 Å². The molecule has 140 valence electrons. The summed E-state index contributed by atoms with van der Waals surface area (Å²) in [5.41, 5.74) is 0. The van der Waals surface area contributed by atoms with E-state index in [4.69, 9.17) is 4.74 Å². The third-order valence-electron chi connectivity index (χ3n) is 5.58. The lowest BCUT2D eigenvalue weighted by atomic mass is 10.0. The molecule has 0 saturated carbocycles. The first-order chi connectivity index (χ1) is 11.7. The largest absolute Gasteiger partial charge is 0.383 e. The van der Waals surface area contributed by atoms with E-state index in [0.29, 0.717) is 25.0 Å². The van der Waals surface area contributed by atoms with Crippen molar-refractivity contribution < 1.29 is 9.53 Å². The zero-order chi connectivity index (χ0) is 17.2. The van der Waals surface area contributed by atoms with Crippen molar-refractivity contribution in [2.24, 2.45) is 0 Å². The average Bonchev–Trinajstić information content (AvgIpc) is 2.55. The molecule has 5 heteroatoms. The maximum atomic E-state index is 12.9. The Hall–Kier alpha value is -0.650. The Balaban J connectivity index is 1.82. The fraction of sp³-hybridized carbons (Fsp3) is 0.947. The SMILES string of the molecule is COCCN(C(=O)CCN1CCCCCCC1)C1CCN(C)CC1. The molecule has 0 bridgehead atoms. The summed E-state index contributed by atoms with van der Waals surface area (Å²) in [7, 11) is 3.89. The van der Waals surface area contributed by atoms with Crippen molar-refractivity contribution in [3.05, 3.63) is 0 Å². The molecule has 24 heavy (non-hydrogen) atoms. The molecule has 0 spiro atoms. The number of amides is 1. The predicted octanol–water partition coefficient (Wildman–Crippen LogP) is 2.21. The van der Waals surface area contributed by atoms with Gasteiger partial charge in [0, 0.05) is 32.7 Å². The van der Waals surface area contributed by atoms with Crippen LogP contribution in [0.4, 0.5) is 0 Å². The van der Waals surface area contributed by atoms with Crippen molar-refractivity contribution in [3.8, 4) is 0 Å². The van der Waals surface area contributed by atoms with Crippen molar-refractivity contribution in [3.63, 3.8) is 0 Å². The van der Waals surface area contributed by atoms with Crippen molar-refractivity contribution in [1.29, 1.82) is 0 Å². The quantitative estimate of drug-likeness (QED) is 0.712. The van der Waals surface area contributed by atoms with Crippen LogP contribution in [0.25, 0.3) is 0 Å². The number of rotatable bonds is 7. The number of hydrogen-bond acceptors (Lipinski definition) is 4. The van der Waals surface area contributed by atoms with Crippen LogP contribution in [0.5, 0.6) is 0 Å². The standard InChI is InChI=1S/C19H37N3O2/c1-20-13-8-18(9-14-20)22(16-17-24-2)19(23)10-15-21-11-6-4-3-5-7-12-21/h18H,3-17H2,1-2H3. The average molecular weight is 340 g/mol. The van der Waals surface area contributed by atoms with Gasteiger partial charge < -0.3 is 19.4 Å². The molecule has 0 aromatic carbocycles. The van der Waals surface area contributed by atoms with Gasteiger partial charge in [-0.2, -0.15) is 0 Å². The van der Waals surface area contributed by atoms with Gasteiger partial charge in [-0.3, -0.25) is 4.79 Å². The van der Waals surface area contributed by atoms with Gasteiger partial charge in [0.25, 0.3) is 0 Å². The molecule has 2 aliphatic heterocycles. The van der Waals surface area contributed by atoms with Crippen LogP contribution < -0.4 is 0 Å². The number of methoxy groups -OCH3 is 1. The highest BCUT2D eigenvalue weighted by molar-refractivity contribution is 5.76. The molecule has 0 aliphatic carbocycles. The fourth-order valence-corrected chi connectivity index (χ4v) is 3.94. The van der Waals surface area contributed by atoms with Gasteiger partial charge in [0.1, 0.15) is 0 Å². The lowest BCUT2D eigenvalue weighted by Gasteiger charge is -2.37. The normalized spacial score (nSPS) is 22.1. The molecule has 5 nitrogen and oxygen atoms in total. The fourth-order valence-electron chi connectivity index (χ4n) is 3.94. The Morgan fingerprint density at radius 1 is 1.04 bits per heavy atom. The zero-order valence-corrected chi connectivity index (χ0v) is 15.8. The van der Waals surface area contributed by atoms with Gasteiger partial charge in [0.2, 0.25) is 5.91 Å². The van der Waals surface area contributed by atoms with E-state index < -0.39 is 0 Å². The number of carbonyl (C=O) groups excluding carboxylic acids is 1. The molecule has 0 radical (unpaired) electrons. The molecule has 2 rings (SSSR count). The molecular formula is C19H37N3O2. The Kier molecular flexibility index (Phi) is 9.07. The van der Waals surface area contributed by atoms with E-state index in [-0.39, 0.29) is 0 Å². The van der Waals surface area contributed by atoms with Crippen LogP contribution in [0.3, 0.4) is 0 Å². The van der Waals surface area contributed by atoms with Gasteiger partial charge in [-0.25, -0.2) is 0 Å². The molecule has 0 atom stereocenters. The van der Waals surface area contributed by atoms with Gasteiger partial charge in [-0.1, -0.05) is 19.3 Å². The summed E-state index contributed by atoms with van der Waals surface area (Å²) in [5, 5.41) is 0. The summed E-state index contributed by atoms with van der Waals surface area (Å²) in [4.78, 5) is 19.8. The van der Waals surface area contributed by atoms with Gasteiger partial charge in [0.15, 0.2) is 0 Å². The summed E-state index contributed by atoms with van der Waals surface area (Å²) in [6.45, 7) is 6.82. The van der Waals surface area contributed by atoms with Crippen molar-refractivity contribution in [2.75, 3.05) is 60.0 Å². The smallest absolute Gasteiger partial charge is 0.224 e. The second-order valence-electron chi connectivity index (χ2n) is 7.47. The van der Waals surface area contributed by atoms with E-state index in [9.17, 15) is 4.79 Å². The summed E-state index contributed by atoms with van der Waals surface area (Å²) >= 11 is 0. The first kappa shape index (κ1) is 19.7. The van der Waals surface area contributed by atoms with E-state index in [1.54, 1.807) is 7.11 Å². The van der Waals surface area contributed by atoms with Crippen LogP contribution in [0, 0.1) is 0 Å². The number of likely N-dealkylation sites (tertiary alicyclic amines) is 2. The molecule has 0 aromatic rings. The van der Waals surface area contributed by atoms with Crippen LogP contribution in [-0.2, 0) is 9.53 Å². The van der Waals surface area contributed by atoms with Crippen molar-refractivity contribution in [1.82, 2.24) is 14.7 Å². The molecule has 2 fully saturated rings. The van der Waals surface area contributed by atoms with Crippen LogP contribution >= 0.6 is 0 Å². The van der Waals surface area contributed by atoms with Crippen molar-refractivity contribution >= 4 is 5.91 Å². The first-order valence-electron chi connectivity index (χ1n) is 9.90. The van der Waals surface area contributed by atoms with Gasteiger partial charge in [0.05, 0.1) is 6.61 Å². The lowest BCUT2D eigenvalue weighted by molar-refractivity contribution is -0.135. The minimum atomic E-state index is 0.323. The molecule has 0 N–H and O–H groups in total. The van der Waals surface area contributed by atoms with Gasteiger partial charge in [-0.15, -0.1) is 0 Å². The molecular weight excluding hydrogens is 302 g/mol. The number of nitrogens with zero attached hydrogens (tertiary/aromatic N) is 3. The second kappa shape index (κ2) is 11.1. The minimum absolute atomic E-state index is 0.323. The third kappa shape index (κ3) is 6.69. The Morgan fingerprint density at radius 2 is 1.67 bits per heavy atom. The van der Waals surface area contributed by atoms with E-state index in [1.807, 2.05) is 0 Å². The Morgan fingerprint density at radius 3 is 2.29 bits per heavy atom. The highest BCUT2D eigenvalue weighted by Crippen LogP contribution is 2.17. The summed E-state index contributed by atoms with van der Waals surface area (Å²) < 4.78 is 5.24. The molecule has 0 aromatic heterocycles. The highest BCUT2D eigenvalue weighted by atomic mass is 16.5. The van der Waals surface area contributed by atoms with Crippen LogP contribution in [0.2, 0.25) is 0 Å².